The van der Waals surface area contributed by atoms with E-state index in [1.807, 2.05) is 0 Å². The number of aliphatic hydroxyl groups is 2. The van der Waals surface area contributed by atoms with E-state index >= 15 is 0 Å². The second-order valence-electron chi connectivity index (χ2n) is 3.38. The summed E-state index contributed by atoms with van der Waals surface area (Å²) in [5.74, 6) is 0. The number of nitrogens with zero attached hydrogens (tertiary/aromatic N) is 1. The summed E-state index contributed by atoms with van der Waals surface area (Å²) in [7, 11) is 0. The van der Waals surface area contributed by atoms with Gasteiger partial charge in [0, 0.05) is 19.6 Å². The average molecular weight is 159 g/mol. The Morgan fingerprint density at radius 2 is 2.00 bits per heavy atom. The highest BCUT2D eigenvalue weighted by Crippen LogP contribution is 2.09. The van der Waals surface area contributed by atoms with Gasteiger partial charge in [0.1, 0.15) is 0 Å². The van der Waals surface area contributed by atoms with E-state index in [0.717, 1.165) is 32.5 Å². The molecule has 1 atom stereocenters. The van der Waals surface area contributed by atoms with E-state index in [-0.39, 0.29) is 12.2 Å². The third-order valence-corrected chi connectivity index (χ3v) is 2.08. The van der Waals surface area contributed by atoms with Crippen LogP contribution in [0.4, 0.5) is 0 Å². The molecule has 11 heavy (non-hydrogen) atoms. The van der Waals surface area contributed by atoms with Gasteiger partial charge in [-0.2, -0.15) is 0 Å². The summed E-state index contributed by atoms with van der Waals surface area (Å²) in [6, 6.07) is 0. The Labute approximate surface area is 67.6 Å². The van der Waals surface area contributed by atoms with Crippen molar-refractivity contribution in [3.05, 3.63) is 0 Å². The number of β-amino-alcohol motifs (C(OH)–C–C–N with tert-alkyl or cyclic N) is 1. The first-order chi connectivity index (χ1) is 5.18. The van der Waals surface area contributed by atoms with Gasteiger partial charge < -0.3 is 15.1 Å². The normalized spacial score (nSPS) is 25.4. The molecule has 1 fully saturated rings. The van der Waals surface area contributed by atoms with Crippen LogP contribution in [0.25, 0.3) is 0 Å². The summed E-state index contributed by atoms with van der Waals surface area (Å²) in [4.78, 5) is 2.19. The fourth-order valence-corrected chi connectivity index (χ4v) is 1.48. The molecule has 0 saturated carbocycles. The Bertz CT molecular complexity index is 109. The first-order valence-electron chi connectivity index (χ1n) is 4.27. The largest absolute Gasteiger partial charge is 0.393 e. The highest BCUT2D eigenvalue weighted by atomic mass is 16.3. The van der Waals surface area contributed by atoms with E-state index in [1.54, 1.807) is 6.92 Å². The van der Waals surface area contributed by atoms with E-state index in [9.17, 15) is 5.11 Å². The van der Waals surface area contributed by atoms with Crippen LogP contribution in [-0.4, -0.2) is 47.0 Å². The highest BCUT2D eigenvalue weighted by Gasteiger charge is 2.17. The molecular formula is C8H17NO2. The maximum Gasteiger partial charge on any atom is 0.0639 e. The quantitative estimate of drug-likeness (QED) is 0.587. The van der Waals surface area contributed by atoms with Crippen molar-refractivity contribution in [2.75, 3.05) is 19.6 Å². The summed E-state index contributed by atoms with van der Waals surface area (Å²) in [6.45, 7) is 4.38. The fourth-order valence-electron chi connectivity index (χ4n) is 1.48. The van der Waals surface area contributed by atoms with Crippen LogP contribution >= 0.6 is 0 Å². The third-order valence-electron chi connectivity index (χ3n) is 2.08. The fraction of sp³-hybridized carbons (Fsp3) is 1.00. The zero-order valence-electron chi connectivity index (χ0n) is 7.03. The number of likely N-dealkylation sites (tertiary alicyclic amines) is 1. The number of hydrogen-bond donors (Lipinski definition) is 2. The van der Waals surface area contributed by atoms with Crippen molar-refractivity contribution in [2.24, 2.45) is 0 Å². The van der Waals surface area contributed by atoms with Gasteiger partial charge in [0.25, 0.3) is 0 Å². The molecule has 0 aromatic carbocycles. The molecule has 1 rings (SSSR count). The Kier molecular flexibility index (Phi) is 3.30. The van der Waals surface area contributed by atoms with Crippen LogP contribution in [0.2, 0.25) is 0 Å². The molecule has 3 nitrogen and oxygen atoms in total. The van der Waals surface area contributed by atoms with Crippen LogP contribution in [-0.2, 0) is 0 Å². The lowest BCUT2D eigenvalue weighted by molar-refractivity contribution is 0.0560. The summed E-state index contributed by atoms with van der Waals surface area (Å²) in [5.41, 5.74) is 0. The first-order valence-corrected chi connectivity index (χ1v) is 4.27. The van der Waals surface area contributed by atoms with Gasteiger partial charge in [0.15, 0.2) is 0 Å². The van der Waals surface area contributed by atoms with Crippen LogP contribution in [0, 0.1) is 0 Å². The van der Waals surface area contributed by atoms with Crippen molar-refractivity contribution >= 4 is 0 Å². The minimum Gasteiger partial charge on any atom is -0.393 e. The number of rotatable bonds is 2. The first kappa shape index (κ1) is 8.97. The van der Waals surface area contributed by atoms with Gasteiger partial charge >= 0.3 is 0 Å². The summed E-state index contributed by atoms with van der Waals surface area (Å²) < 4.78 is 0. The smallest absolute Gasteiger partial charge is 0.0639 e. The topological polar surface area (TPSA) is 43.7 Å². The standard InChI is InChI=1S/C8H17NO2/c1-7(10)6-9-4-2-8(11)3-5-9/h7-8,10-11H,2-6H2,1H3/t7-/m1/s1. The number of aliphatic hydroxyl groups excluding tert-OH is 2. The molecule has 0 amide bonds. The lowest BCUT2D eigenvalue weighted by Crippen LogP contribution is -2.39. The summed E-state index contributed by atoms with van der Waals surface area (Å²) in [5, 5.41) is 18.2. The molecule has 1 heterocycles. The number of piperidine rings is 1. The van der Waals surface area contributed by atoms with Gasteiger partial charge in [-0.3, -0.25) is 0 Å². The van der Waals surface area contributed by atoms with Gasteiger partial charge in [0.2, 0.25) is 0 Å². The Morgan fingerprint density at radius 1 is 1.45 bits per heavy atom. The van der Waals surface area contributed by atoms with E-state index in [4.69, 9.17) is 5.11 Å². The highest BCUT2D eigenvalue weighted by molar-refractivity contribution is 4.71. The molecule has 3 heteroatoms. The minimum atomic E-state index is -0.245. The predicted octanol–water partition coefficient (Wildman–Crippen LogP) is -0.176. The molecule has 2 N–H and O–H groups in total. The van der Waals surface area contributed by atoms with Gasteiger partial charge in [-0.05, 0) is 19.8 Å². The van der Waals surface area contributed by atoms with Crippen LogP contribution in [0.3, 0.4) is 0 Å². The Hall–Kier alpha value is -0.120. The van der Waals surface area contributed by atoms with Gasteiger partial charge in [-0.25, -0.2) is 0 Å². The second-order valence-corrected chi connectivity index (χ2v) is 3.38. The molecule has 1 aliphatic rings. The zero-order valence-corrected chi connectivity index (χ0v) is 7.03. The second kappa shape index (κ2) is 4.04. The zero-order chi connectivity index (χ0) is 8.27. The molecule has 0 aromatic heterocycles. The van der Waals surface area contributed by atoms with E-state index in [2.05, 4.69) is 4.90 Å². The Balaban J connectivity index is 2.17. The SMILES string of the molecule is C[C@@H](O)CN1CCC(O)CC1. The van der Waals surface area contributed by atoms with E-state index in [1.165, 1.54) is 0 Å². The molecule has 0 aromatic rings. The van der Waals surface area contributed by atoms with Gasteiger partial charge in [-0.1, -0.05) is 0 Å². The summed E-state index contributed by atoms with van der Waals surface area (Å²) in [6.07, 6.45) is 1.35. The average Bonchev–Trinajstić information content (AvgIpc) is 1.93. The van der Waals surface area contributed by atoms with Crippen molar-refractivity contribution in [1.82, 2.24) is 4.90 Å². The van der Waals surface area contributed by atoms with Crippen LogP contribution in [0.1, 0.15) is 19.8 Å². The van der Waals surface area contributed by atoms with E-state index < -0.39 is 0 Å². The molecule has 0 radical (unpaired) electrons. The predicted molar refractivity (Wildman–Crippen MR) is 43.4 cm³/mol. The molecule has 0 spiro atoms. The molecular weight excluding hydrogens is 142 g/mol. The molecule has 1 aliphatic heterocycles. The van der Waals surface area contributed by atoms with Gasteiger partial charge in [0.05, 0.1) is 12.2 Å². The lowest BCUT2D eigenvalue weighted by atomic mass is 10.1. The van der Waals surface area contributed by atoms with Gasteiger partial charge in [-0.15, -0.1) is 0 Å². The third kappa shape index (κ3) is 3.18. The minimum absolute atomic E-state index is 0.111. The van der Waals surface area contributed by atoms with Crippen molar-refractivity contribution in [1.29, 1.82) is 0 Å². The molecule has 0 bridgehead atoms. The summed E-state index contributed by atoms with van der Waals surface area (Å²) >= 11 is 0. The maximum absolute atomic E-state index is 9.17. The molecule has 0 unspecified atom stereocenters. The lowest BCUT2D eigenvalue weighted by Gasteiger charge is -2.30. The number of hydrogen-bond acceptors (Lipinski definition) is 3. The molecule has 1 saturated heterocycles. The van der Waals surface area contributed by atoms with Crippen molar-refractivity contribution in [3.8, 4) is 0 Å². The van der Waals surface area contributed by atoms with Crippen molar-refractivity contribution in [3.63, 3.8) is 0 Å². The van der Waals surface area contributed by atoms with Crippen LogP contribution in [0.15, 0.2) is 0 Å². The maximum atomic E-state index is 9.17. The molecule has 0 aliphatic carbocycles. The van der Waals surface area contributed by atoms with Crippen LogP contribution in [0.5, 0.6) is 0 Å². The monoisotopic (exact) mass is 159 g/mol. The van der Waals surface area contributed by atoms with E-state index in [0.29, 0.717) is 0 Å². The Morgan fingerprint density at radius 3 is 2.45 bits per heavy atom. The molecule has 66 valence electrons. The van der Waals surface area contributed by atoms with Crippen molar-refractivity contribution in [2.45, 2.75) is 32.0 Å². The van der Waals surface area contributed by atoms with Crippen molar-refractivity contribution < 1.29 is 10.2 Å². The van der Waals surface area contributed by atoms with Crippen LogP contribution < -0.4 is 0 Å².